The number of carbonyl (C=O) groups excluding carboxylic acids is 1. The van der Waals surface area contributed by atoms with Crippen LogP contribution in [0.5, 0.6) is 5.75 Å². The molecule has 110 valence electrons. The highest BCUT2D eigenvalue weighted by Crippen LogP contribution is 2.39. The molecular formula is C15H22N2O3. The third-order valence-electron chi connectivity index (χ3n) is 3.47. The standard InChI is InChI=1S/C15H22N2O3/c1-5-11(14(18)19-4)17-9-15(2,3)20-13-8-10(16)6-7-12(13)17/h6-8,11H,5,9,16H2,1-4H3. The van der Waals surface area contributed by atoms with E-state index in [1.165, 1.54) is 7.11 Å². The third kappa shape index (κ3) is 2.66. The summed E-state index contributed by atoms with van der Waals surface area (Å²) >= 11 is 0. The van der Waals surface area contributed by atoms with Crippen molar-refractivity contribution in [1.82, 2.24) is 0 Å². The van der Waals surface area contributed by atoms with E-state index in [2.05, 4.69) is 0 Å². The van der Waals surface area contributed by atoms with Crippen molar-refractivity contribution in [3.63, 3.8) is 0 Å². The third-order valence-corrected chi connectivity index (χ3v) is 3.47. The highest BCUT2D eigenvalue weighted by Gasteiger charge is 2.37. The predicted octanol–water partition coefficient (Wildman–Crippen LogP) is 2.20. The first-order chi connectivity index (χ1) is 9.38. The zero-order chi connectivity index (χ0) is 14.9. The molecule has 0 amide bonds. The van der Waals surface area contributed by atoms with Crippen molar-refractivity contribution >= 4 is 17.3 Å². The minimum absolute atomic E-state index is 0.229. The van der Waals surface area contributed by atoms with Crippen LogP contribution in [-0.2, 0) is 9.53 Å². The molecule has 0 saturated heterocycles. The summed E-state index contributed by atoms with van der Waals surface area (Å²) in [4.78, 5) is 14.0. The van der Waals surface area contributed by atoms with Crippen LogP contribution in [0.2, 0.25) is 0 Å². The summed E-state index contributed by atoms with van der Waals surface area (Å²) in [6, 6.07) is 5.20. The van der Waals surface area contributed by atoms with E-state index in [1.54, 1.807) is 6.07 Å². The van der Waals surface area contributed by atoms with Gasteiger partial charge >= 0.3 is 5.97 Å². The first kappa shape index (κ1) is 14.5. The van der Waals surface area contributed by atoms with Gasteiger partial charge in [0.25, 0.3) is 0 Å². The summed E-state index contributed by atoms with van der Waals surface area (Å²) in [7, 11) is 1.42. The van der Waals surface area contributed by atoms with Crippen molar-refractivity contribution in [2.45, 2.75) is 38.8 Å². The number of nitrogen functional groups attached to an aromatic ring is 1. The average Bonchev–Trinajstić information content (AvgIpc) is 2.37. The zero-order valence-electron chi connectivity index (χ0n) is 12.5. The topological polar surface area (TPSA) is 64.8 Å². The Kier molecular flexibility index (Phi) is 3.79. The molecule has 0 bridgehead atoms. The molecule has 0 aromatic heterocycles. The second kappa shape index (κ2) is 5.23. The van der Waals surface area contributed by atoms with Gasteiger partial charge in [-0.2, -0.15) is 0 Å². The molecule has 1 atom stereocenters. The van der Waals surface area contributed by atoms with Crippen molar-refractivity contribution in [3.05, 3.63) is 18.2 Å². The van der Waals surface area contributed by atoms with Crippen LogP contribution in [0.4, 0.5) is 11.4 Å². The van der Waals surface area contributed by atoms with Gasteiger partial charge in [0.1, 0.15) is 17.4 Å². The number of carbonyl (C=O) groups is 1. The summed E-state index contributed by atoms with van der Waals surface area (Å²) in [5.41, 5.74) is 6.96. The quantitative estimate of drug-likeness (QED) is 0.678. The Hall–Kier alpha value is -1.91. The molecule has 1 unspecified atom stereocenters. The van der Waals surface area contributed by atoms with E-state index >= 15 is 0 Å². The fourth-order valence-electron chi connectivity index (χ4n) is 2.60. The number of nitrogens with two attached hydrogens (primary N) is 1. The molecule has 1 aliphatic rings. The fourth-order valence-corrected chi connectivity index (χ4v) is 2.60. The van der Waals surface area contributed by atoms with Crippen molar-refractivity contribution < 1.29 is 14.3 Å². The van der Waals surface area contributed by atoms with E-state index in [-0.39, 0.29) is 17.6 Å². The molecule has 1 heterocycles. The number of benzene rings is 1. The molecule has 2 N–H and O–H groups in total. The van der Waals surface area contributed by atoms with Crippen LogP contribution in [0.15, 0.2) is 18.2 Å². The molecule has 5 heteroatoms. The second-order valence-corrected chi connectivity index (χ2v) is 5.66. The molecule has 20 heavy (non-hydrogen) atoms. The molecular weight excluding hydrogens is 256 g/mol. The maximum Gasteiger partial charge on any atom is 0.328 e. The SMILES string of the molecule is CCC(C(=O)OC)N1CC(C)(C)Oc2cc(N)ccc21. The molecule has 0 fully saturated rings. The van der Waals surface area contributed by atoms with Gasteiger partial charge in [-0.05, 0) is 32.4 Å². The van der Waals surface area contributed by atoms with Crippen LogP contribution in [0.3, 0.4) is 0 Å². The van der Waals surface area contributed by atoms with Gasteiger partial charge in [-0.15, -0.1) is 0 Å². The van der Waals surface area contributed by atoms with E-state index < -0.39 is 0 Å². The summed E-state index contributed by atoms with van der Waals surface area (Å²) < 4.78 is 10.9. The van der Waals surface area contributed by atoms with Crippen LogP contribution in [0.25, 0.3) is 0 Å². The predicted molar refractivity (Wildman–Crippen MR) is 79.0 cm³/mol. The van der Waals surface area contributed by atoms with Gasteiger partial charge in [-0.1, -0.05) is 6.92 Å². The van der Waals surface area contributed by atoms with Crippen molar-refractivity contribution in [2.24, 2.45) is 0 Å². The van der Waals surface area contributed by atoms with E-state index in [9.17, 15) is 4.79 Å². The smallest absolute Gasteiger partial charge is 0.328 e. The molecule has 5 nitrogen and oxygen atoms in total. The summed E-state index contributed by atoms with van der Waals surface area (Å²) in [6.45, 7) is 6.59. The van der Waals surface area contributed by atoms with Gasteiger partial charge in [-0.25, -0.2) is 4.79 Å². The lowest BCUT2D eigenvalue weighted by Crippen LogP contribution is -2.53. The number of nitrogens with zero attached hydrogens (tertiary/aromatic N) is 1. The van der Waals surface area contributed by atoms with Gasteiger partial charge in [0.15, 0.2) is 0 Å². The van der Waals surface area contributed by atoms with Crippen LogP contribution >= 0.6 is 0 Å². The Labute approximate surface area is 119 Å². The van der Waals surface area contributed by atoms with Gasteiger partial charge in [0.2, 0.25) is 0 Å². The number of rotatable bonds is 3. The molecule has 2 rings (SSSR count). The lowest BCUT2D eigenvalue weighted by atomic mass is 10.0. The molecule has 0 aliphatic carbocycles. The van der Waals surface area contributed by atoms with Gasteiger partial charge < -0.3 is 20.1 Å². The summed E-state index contributed by atoms with van der Waals surface area (Å²) in [5.74, 6) is 0.483. The van der Waals surface area contributed by atoms with Crippen LogP contribution in [0, 0.1) is 0 Å². The molecule has 1 aromatic rings. The maximum atomic E-state index is 12.0. The number of esters is 1. The van der Waals surface area contributed by atoms with Crippen molar-refractivity contribution in [1.29, 1.82) is 0 Å². The Morgan fingerprint density at radius 3 is 2.85 bits per heavy atom. The lowest BCUT2D eigenvalue weighted by molar-refractivity contribution is -0.142. The summed E-state index contributed by atoms with van der Waals surface area (Å²) in [6.07, 6.45) is 0.673. The Morgan fingerprint density at radius 2 is 2.25 bits per heavy atom. The number of hydrogen-bond acceptors (Lipinski definition) is 5. The highest BCUT2D eigenvalue weighted by molar-refractivity contribution is 5.82. The maximum absolute atomic E-state index is 12.0. The Morgan fingerprint density at radius 1 is 1.55 bits per heavy atom. The van der Waals surface area contributed by atoms with E-state index in [0.717, 1.165) is 5.69 Å². The normalized spacial score (nSPS) is 17.9. The lowest BCUT2D eigenvalue weighted by Gasteiger charge is -2.43. The minimum Gasteiger partial charge on any atom is -0.484 e. The van der Waals surface area contributed by atoms with Crippen LogP contribution < -0.4 is 15.4 Å². The monoisotopic (exact) mass is 278 g/mol. The van der Waals surface area contributed by atoms with Gasteiger partial charge in [-0.3, -0.25) is 0 Å². The molecule has 1 aliphatic heterocycles. The zero-order valence-corrected chi connectivity index (χ0v) is 12.5. The van der Waals surface area contributed by atoms with Crippen LogP contribution in [-0.4, -0.2) is 31.3 Å². The number of hydrogen-bond donors (Lipinski definition) is 1. The van der Waals surface area contributed by atoms with Crippen molar-refractivity contribution in [2.75, 3.05) is 24.3 Å². The van der Waals surface area contributed by atoms with Gasteiger partial charge in [0, 0.05) is 11.8 Å². The molecule has 0 radical (unpaired) electrons. The number of methoxy groups -OCH3 is 1. The van der Waals surface area contributed by atoms with Gasteiger partial charge in [0.05, 0.1) is 19.3 Å². The van der Waals surface area contributed by atoms with Crippen molar-refractivity contribution in [3.8, 4) is 5.75 Å². The van der Waals surface area contributed by atoms with E-state index in [1.807, 2.05) is 37.8 Å². The minimum atomic E-state index is -0.387. The average molecular weight is 278 g/mol. The number of fused-ring (bicyclic) bond motifs is 1. The molecule has 0 spiro atoms. The highest BCUT2D eigenvalue weighted by atomic mass is 16.5. The Balaban J connectivity index is 2.45. The number of ether oxygens (including phenoxy) is 2. The summed E-state index contributed by atoms with van der Waals surface area (Å²) in [5, 5.41) is 0. The largest absolute Gasteiger partial charge is 0.484 e. The molecule has 0 saturated carbocycles. The fraction of sp³-hybridized carbons (Fsp3) is 0.533. The Bertz CT molecular complexity index is 514. The van der Waals surface area contributed by atoms with E-state index in [4.69, 9.17) is 15.2 Å². The van der Waals surface area contributed by atoms with E-state index in [0.29, 0.717) is 24.4 Å². The second-order valence-electron chi connectivity index (χ2n) is 5.66. The first-order valence-corrected chi connectivity index (χ1v) is 6.81. The molecule has 1 aromatic carbocycles. The van der Waals surface area contributed by atoms with Crippen LogP contribution in [0.1, 0.15) is 27.2 Å². The number of anilines is 2. The first-order valence-electron chi connectivity index (χ1n) is 6.81.